The van der Waals surface area contributed by atoms with Crippen molar-refractivity contribution >= 4 is 0 Å². The molecule has 0 saturated heterocycles. The summed E-state index contributed by atoms with van der Waals surface area (Å²) < 4.78 is 0. The predicted octanol–water partition coefficient (Wildman–Crippen LogP) is 3.50. The second kappa shape index (κ2) is 6.00. The minimum absolute atomic E-state index is 0.495. The Morgan fingerprint density at radius 1 is 1.16 bits per heavy atom. The zero-order valence-electron chi connectivity index (χ0n) is 13.0. The van der Waals surface area contributed by atoms with Crippen LogP contribution in [0, 0.1) is 19.8 Å². The van der Waals surface area contributed by atoms with Gasteiger partial charge in [-0.25, -0.2) is 9.97 Å². The van der Waals surface area contributed by atoms with E-state index in [1.54, 1.807) is 0 Å². The first-order valence-corrected chi connectivity index (χ1v) is 7.54. The molecular weight excluding hydrogens is 234 g/mol. The average molecular weight is 261 g/mol. The van der Waals surface area contributed by atoms with E-state index in [4.69, 9.17) is 9.97 Å². The number of aromatic nitrogens is 2. The molecular formula is C16H27N3. The van der Waals surface area contributed by atoms with Crippen molar-refractivity contribution in [1.82, 2.24) is 15.3 Å². The van der Waals surface area contributed by atoms with E-state index in [1.807, 2.05) is 0 Å². The Morgan fingerprint density at radius 2 is 1.79 bits per heavy atom. The zero-order chi connectivity index (χ0) is 14.0. The van der Waals surface area contributed by atoms with Gasteiger partial charge in [0.2, 0.25) is 0 Å². The maximum atomic E-state index is 4.78. The van der Waals surface area contributed by atoms with Gasteiger partial charge in [-0.1, -0.05) is 20.8 Å². The molecule has 1 aliphatic carbocycles. The van der Waals surface area contributed by atoms with Crippen LogP contribution in [-0.2, 0) is 6.54 Å². The van der Waals surface area contributed by atoms with E-state index < -0.39 is 0 Å². The molecule has 2 atom stereocenters. The lowest BCUT2D eigenvalue weighted by atomic mass is 10.0. The third-order valence-corrected chi connectivity index (χ3v) is 4.19. The molecule has 2 rings (SSSR count). The van der Waals surface area contributed by atoms with Crippen LogP contribution in [-0.4, -0.2) is 16.0 Å². The Labute approximate surface area is 117 Å². The molecule has 1 saturated carbocycles. The maximum Gasteiger partial charge on any atom is 0.131 e. The highest BCUT2D eigenvalue weighted by Gasteiger charge is 2.25. The molecule has 1 N–H and O–H groups in total. The first kappa shape index (κ1) is 14.4. The summed E-state index contributed by atoms with van der Waals surface area (Å²) in [7, 11) is 0. The first-order chi connectivity index (χ1) is 8.97. The van der Waals surface area contributed by atoms with E-state index in [2.05, 4.69) is 39.9 Å². The number of hydrogen-bond acceptors (Lipinski definition) is 3. The molecule has 1 heterocycles. The summed E-state index contributed by atoms with van der Waals surface area (Å²) in [5, 5.41) is 3.46. The van der Waals surface area contributed by atoms with Gasteiger partial charge >= 0.3 is 0 Å². The molecule has 0 radical (unpaired) electrons. The van der Waals surface area contributed by atoms with Crippen LogP contribution in [0.1, 0.15) is 68.7 Å². The fourth-order valence-corrected chi connectivity index (χ4v) is 2.95. The molecule has 0 spiro atoms. The highest BCUT2D eigenvalue weighted by molar-refractivity contribution is 5.25. The number of nitrogens with zero attached hydrogens (tertiary/aromatic N) is 2. The van der Waals surface area contributed by atoms with Gasteiger partial charge in [-0.2, -0.15) is 0 Å². The molecule has 1 aromatic heterocycles. The Balaban J connectivity index is 2.16. The lowest BCUT2D eigenvalue weighted by Gasteiger charge is -2.16. The van der Waals surface area contributed by atoms with Crippen molar-refractivity contribution in [3.63, 3.8) is 0 Å². The van der Waals surface area contributed by atoms with E-state index in [0.717, 1.165) is 29.7 Å². The number of aryl methyl sites for hydroxylation is 2. The topological polar surface area (TPSA) is 37.8 Å². The van der Waals surface area contributed by atoms with E-state index >= 15 is 0 Å². The van der Waals surface area contributed by atoms with E-state index in [9.17, 15) is 0 Å². The summed E-state index contributed by atoms with van der Waals surface area (Å²) in [6.07, 6.45) is 3.83. The number of nitrogens with one attached hydrogen (secondary N) is 1. The molecule has 0 aromatic carbocycles. The van der Waals surface area contributed by atoms with Crippen LogP contribution in [0.25, 0.3) is 0 Å². The second-order valence-corrected chi connectivity index (χ2v) is 6.38. The second-order valence-electron chi connectivity index (χ2n) is 6.38. The largest absolute Gasteiger partial charge is 0.310 e. The highest BCUT2D eigenvalue weighted by atomic mass is 14.9. The smallest absolute Gasteiger partial charge is 0.131 e. The summed E-state index contributed by atoms with van der Waals surface area (Å²) in [5.41, 5.74) is 3.56. The molecule has 19 heavy (non-hydrogen) atoms. The first-order valence-electron chi connectivity index (χ1n) is 7.54. The summed E-state index contributed by atoms with van der Waals surface area (Å²) in [6, 6.07) is 0.495. The van der Waals surface area contributed by atoms with Crippen LogP contribution in [0.4, 0.5) is 0 Å². The lowest BCUT2D eigenvalue weighted by molar-refractivity contribution is 0.570. The zero-order valence-corrected chi connectivity index (χ0v) is 13.0. The van der Waals surface area contributed by atoms with Crippen molar-refractivity contribution in [3.8, 4) is 0 Å². The normalized spacial score (nSPS) is 23.3. The SMILES string of the molecule is Cc1nc(C2CCC(C)C2)nc(C)c1CNC(C)C. The maximum absolute atomic E-state index is 4.78. The van der Waals surface area contributed by atoms with Crippen molar-refractivity contribution in [3.05, 3.63) is 22.8 Å². The van der Waals surface area contributed by atoms with E-state index in [1.165, 1.54) is 24.8 Å². The van der Waals surface area contributed by atoms with Gasteiger partial charge in [0.05, 0.1) is 0 Å². The molecule has 0 amide bonds. The average Bonchev–Trinajstić information content (AvgIpc) is 2.74. The third kappa shape index (κ3) is 3.53. The molecule has 3 nitrogen and oxygen atoms in total. The van der Waals surface area contributed by atoms with E-state index in [-0.39, 0.29) is 0 Å². The quantitative estimate of drug-likeness (QED) is 0.901. The molecule has 2 unspecified atom stereocenters. The summed E-state index contributed by atoms with van der Waals surface area (Å²) in [6.45, 7) is 11.8. The molecule has 106 valence electrons. The minimum Gasteiger partial charge on any atom is -0.310 e. The van der Waals surface area contributed by atoms with Gasteiger partial charge in [0.25, 0.3) is 0 Å². The summed E-state index contributed by atoms with van der Waals surface area (Å²) >= 11 is 0. The van der Waals surface area contributed by atoms with Crippen molar-refractivity contribution < 1.29 is 0 Å². The summed E-state index contributed by atoms with van der Waals surface area (Å²) in [5.74, 6) is 2.49. The fraction of sp³-hybridized carbons (Fsp3) is 0.750. The van der Waals surface area contributed by atoms with Crippen molar-refractivity contribution in [1.29, 1.82) is 0 Å². The Morgan fingerprint density at radius 3 is 2.26 bits per heavy atom. The van der Waals surface area contributed by atoms with E-state index in [0.29, 0.717) is 12.0 Å². The van der Waals surface area contributed by atoms with Crippen LogP contribution < -0.4 is 5.32 Å². The van der Waals surface area contributed by atoms with Crippen LogP contribution in [0.3, 0.4) is 0 Å². The molecule has 1 fully saturated rings. The summed E-state index contributed by atoms with van der Waals surface area (Å²) in [4.78, 5) is 9.55. The van der Waals surface area contributed by atoms with Gasteiger partial charge in [-0.05, 0) is 39.0 Å². The third-order valence-electron chi connectivity index (χ3n) is 4.19. The van der Waals surface area contributed by atoms with Gasteiger partial charge in [-0.15, -0.1) is 0 Å². The van der Waals surface area contributed by atoms with Crippen molar-refractivity contribution in [2.45, 2.75) is 72.4 Å². The number of rotatable bonds is 4. The Bertz CT molecular complexity index is 417. The van der Waals surface area contributed by atoms with Crippen LogP contribution in [0.5, 0.6) is 0 Å². The molecule has 0 aliphatic heterocycles. The highest BCUT2D eigenvalue weighted by Crippen LogP contribution is 2.36. The van der Waals surface area contributed by atoms with Crippen molar-refractivity contribution in [2.75, 3.05) is 0 Å². The Hall–Kier alpha value is -0.960. The van der Waals surface area contributed by atoms with Gasteiger partial charge < -0.3 is 5.32 Å². The van der Waals surface area contributed by atoms with Gasteiger partial charge in [0.15, 0.2) is 0 Å². The molecule has 0 bridgehead atoms. The Kier molecular flexibility index (Phi) is 4.56. The van der Waals surface area contributed by atoms with Crippen LogP contribution >= 0.6 is 0 Å². The lowest BCUT2D eigenvalue weighted by Crippen LogP contribution is -2.23. The van der Waals surface area contributed by atoms with Gasteiger partial charge in [0.1, 0.15) is 5.82 Å². The van der Waals surface area contributed by atoms with Gasteiger partial charge in [0, 0.05) is 35.5 Å². The number of hydrogen-bond donors (Lipinski definition) is 1. The molecule has 3 heteroatoms. The van der Waals surface area contributed by atoms with Crippen molar-refractivity contribution in [2.24, 2.45) is 5.92 Å². The predicted molar refractivity (Wildman–Crippen MR) is 79.2 cm³/mol. The fourth-order valence-electron chi connectivity index (χ4n) is 2.95. The molecule has 1 aliphatic rings. The van der Waals surface area contributed by atoms with Gasteiger partial charge in [-0.3, -0.25) is 0 Å². The van der Waals surface area contributed by atoms with Crippen LogP contribution in [0.15, 0.2) is 0 Å². The molecule has 1 aromatic rings. The standard InChI is InChI=1S/C16H27N3/c1-10(2)17-9-15-12(4)18-16(19-13(15)5)14-7-6-11(3)8-14/h10-11,14,17H,6-9H2,1-5H3. The minimum atomic E-state index is 0.495. The monoisotopic (exact) mass is 261 g/mol. The van der Waals surface area contributed by atoms with Crippen LogP contribution in [0.2, 0.25) is 0 Å².